The fourth-order valence-electron chi connectivity index (χ4n) is 1.40. The summed E-state index contributed by atoms with van der Waals surface area (Å²) in [7, 11) is 0. The molecule has 1 heterocycles. The van der Waals surface area contributed by atoms with Crippen molar-refractivity contribution in [2.24, 2.45) is 0 Å². The van der Waals surface area contributed by atoms with Crippen LogP contribution >= 0.6 is 0 Å². The van der Waals surface area contributed by atoms with Gasteiger partial charge < -0.3 is 9.84 Å². The van der Waals surface area contributed by atoms with Gasteiger partial charge in [0.15, 0.2) is 6.10 Å². The van der Waals surface area contributed by atoms with Gasteiger partial charge in [0.1, 0.15) is 0 Å². The molecule has 17 heavy (non-hydrogen) atoms. The van der Waals surface area contributed by atoms with Crippen molar-refractivity contribution in [1.29, 1.82) is 0 Å². The van der Waals surface area contributed by atoms with Gasteiger partial charge in [-0.25, -0.2) is 4.79 Å². The van der Waals surface area contributed by atoms with Crippen LogP contribution in [-0.2, 0) is 19.1 Å². The number of nitrogens with one attached hydrogen (secondary N) is 2. The van der Waals surface area contributed by atoms with Crippen LogP contribution in [0.25, 0.3) is 0 Å². The van der Waals surface area contributed by atoms with Crippen molar-refractivity contribution in [3.63, 3.8) is 0 Å². The molecule has 1 aliphatic rings. The number of nitrogens with zero attached hydrogens (tertiary/aromatic N) is 1. The highest BCUT2D eigenvalue weighted by Crippen LogP contribution is 2.04. The lowest BCUT2D eigenvalue weighted by Gasteiger charge is -2.30. The number of hydrogen-bond acceptors (Lipinski definition) is 5. The first-order valence-electron chi connectivity index (χ1n) is 5.11. The number of ether oxygens (including phenoxy) is 1. The molecule has 0 radical (unpaired) electrons. The fraction of sp³-hybridized carbons (Fsp3) is 0.667. The molecule has 1 unspecified atom stereocenters. The normalized spacial score (nSPS) is 20.6. The number of rotatable bonds is 3. The molecule has 96 valence electrons. The van der Waals surface area contributed by atoms with Crippen LogP contribution in [0.4, 0.5) is 0 Å². The largest absolute Gasteiger partial charge is 0.479 e. The van der Waals surface area contributed by atoms with E-state index in [-0.39, 0.29) is 25.6 Å². The van der Waals surface area contributed by atoms with Gasteiger partial charge in [0.2, 0.25) is 5.91 Å². The molecule has 0 aromatic carbocycles. The van der Waals surface area contributed by atoms with Crippen LogP contribution in [0.5, 0.6) is 0 Å². The van der Waals surface area contributed by atoms with E-state index in [1.165, 1.54) is 6.92 Å². The van der Waals surface area contributed by atoms with Gasteiger partial charge in [-0.1, -0.05) is 0 Å². The monoisotopic (exact) mass is 245 g/mol. The van der Waals surface area contributed by atoms with Crippen LogP contribution in [0.1, 0.15) is 6.92 Å². The molecule has 3 N–H and O–H groups in total. The number of amides is 2. The van der Waals surface area contributed by atoms with Crippen LogP contribution in [0.3, 0.4) is 0 Å². The minimum Gasteiger partial charge on any atom is -0.479 e. The maximum absolute atomic E-state index is 11.3. The molecule has 1 saturated heterocycles. The van der Waals surface area contributed by atoms with Gasteiger partial charge in [-0.15, -0.1) is 0 Å². The Morgan fingerprint density at radius 1 is 1.41 bits per heavy atom. The third kappa shape index (κ3) is 4.79. The maximum Gasteiger partial charge on any atom is 0.334 e. The minimum atomic E-state index is -1.04. The number of carbonyl (C=O) groups excluding carboxylic acids is 2. The van der Waals surface area contributed by atoms with Gasteiger partial charge in [0.05, 0.1) is 13.2 Å². The summed E-state index contributed by atoms with van der Waals surface area (Å²) in [4.78, 5) is 34.2. The molecule has 0 aromatic heterocycles. The average molecular weight is 245 g/mol. The van der Waals surface area contributed by atoms with E-state index in [4.69, 9.17) is 9.84 Å². The topological polar surface area (TPSA) is 108 Å². The second-order valence-electron chi connectivity index (χ2n) is 3.66. The summed E-state index contributed by atoms with van der Waals surface area (Å²) in [6.45, 7) is 2.20. The minimum absolute atomic E-state index is 0.0213. The number of hydrazine groups is 1. The summed E-state index contributed by atoms with van der Waals surface area (Å²) in [5, 5.41) is 8.76. The second-order valence-corrected chi connectivity index (χ2v) is 3.66. The van der Waals surface area contributed by atoms with Gasteiger partial charge in [-0.05, 0) is 0 Å². The lowest BCUT2D eigenvalue weighted by molar-refractivity contribution is -0.156. The molecule has 1 aliphatic heterocycles. The van der Waals surface area contributed by atoms with Crippen molar-refractivity contribution in [2.75, 3.05) is 26.2 Å². The Kier molecular flexibility index (Phi) is 4.85. The highest BCUT2D eigenvalue weighted by molar-refractivity contribution is 5.82. The highest BCUT2D eigenvalue weighted by atomic mass is 16.5. The van der Waals surface area contributed by atoms with Crippen LogP contribution in [0.15, 0.2) is 0 Å². The first-order chi connectivity index (χ1) is 7.99. The number of carbonyl (C=O) groups is 3. The van der Waals surface area contributed by atoms with E-state index in [1.54, 1.807) is 4.90 Å². The van der Waals surface area contributed by atoms with Crippen molar-refractivity contribution in [2.45, 2.75) is 13.0 Å². The Labute approximate surface area is 97.9 Å². The summed E-state index contributed by atoms with van der Waals surface area (Å²) < 4.78 is 5.01. The van der Waals surface area contributed by atoms with Crippen molar-refractivity contribution in [1.82, 2.24) is 15.8 Å². The number of hydrogen-bond donors (Lipinski definition) is 3. The number of carboxylic acids is 1. The summed E-state index contributed by atoms with van der Waals surface area (Å²) in [5.41, 5.74) is 4.36. The van der Waals surface area contributed by atoms with Crippen molar-refractivity contribution < 1.29 is 24.2 Å². The van der Waals surface area contributed by atoms with Gasteiger partial charge in [-0.2, -0.15) is 0 Å². The Morgan fingerprint density at radius 2 is 2.12 bits per heavy atom. The summed E-state index contributed by atoms with van der Waals surface area (Å²) >= 11 is 0. The predicted molar refractivity (Wildman–Crippen MR) is 55.8 cm³/mol. The quantitative estimate of drug-likeness (QED) is 0.493. The molecule has 8 heteroatoms. The first-order valence-corrected chi connectivity index (χ1v) is 5.11. The second kappa shape index (κ2) is 6.16. The Morgan fingerprint density at radius 3 is 2.71 bits per heavy atom. The molecule has 1 fully saturated rings. The fourth-order valence-corrected chi connectivity index (χ4v) is 1.40. The van der Waals surface area contributed by atoms with Gasteiger partial charge in [0, 0.05) is 20.0 Å². The Bertz CT molecular complexity index is 320. The van der Waals surface area contributed by atoms with Crippen molar-refractivity contribution in [3.05, 3.63) is 0 Å². The zero-order valence-electron chi connectivity index (χ0n) is 9.43. The zero-order valence-corrected chi connectivity index (χ0v) is 9.43. The molecule has 0 aromatic rings. The molecular weight excluding hydrogens is 230 g/mol. The Balaban J connectivity index is 2.33. The van der Waals surface area contributed by atoms with Crippen LogP contribution < -0.4 is 10.9 Å². The molecule has 2 amide bonds. The zero-order chi connectivity index (χ0) is 12.8. The lowest BCUT2D eigenvalue weighted by Crippen LogP contribution is -2.51. The third-order valence-electron chi connectivity index (χ3n) is 2.17. The molecule has 0 bridgehead atoms. The molecule has 0 saturated carbocycles. The van der Waals surface area contributed by atoms with E-state index in [2.05, 4.69) is 10.9 Å². The van der Waals surface area contributed by atoms with Gasteiger partial charge in [0.25, 0.3) is 5.91 Å². The highest BCUT2D eigenvalue weighted by Gasteiger charge is 2.27. The lowest BCUT2D eigenvalue weighted by atomic mass is 10.2. The summed E-state index contributed by atoms with van der Waals surface area (Å²) in [6, 6.07) is 0. The standard InChI is InChI=1S/C9H15N3O5/c1-6(13)10-11-8(14)5-12-2-3-17-7(4-12)9(15)16/h7H,2-5H2,1H3,(H,10,13)(H,11,14)(H,15,16). The maximum atomic E-state index is 11.3. The number of aliphatic carboxylic acids is 1. The van der Waals surface area contributed by atoms with E-state index in [0.717, 1.165) is 0 Å². The number of carboxylic acid groups (broad SMARTS) is 1. The van der Waals surface area contributed by atoms with Crippen molar-refractivity contribution >= 4 is 17.8 Å². The van der Waals surface area contributed by atoms with E-state index in [0.29, 0.717) is 6.54 Å². The van der Waals surface area contributed by atoms with E-state index >= 15 is 0 Å². The SMILES string of the molecule is CC(=O)NNC(=O)CN1CCOC(C(=O)O)C1. The smallest absolute Gasteiger partial charge is 0.334 e. The van der Waals surface area contributed by atoms with E-state index < -0.39 is 18.0 Å². The third-order valence-corrected chi connectivity index (χ3v) is 2.17. The van der Waals surface area contributed by atoms with Gasteiger partial charge in [-0.3, -0.25) is 25.3 Å². The van der Waals surface area contributed by atoms with E-state index in [1.807, 2.05) is 0 Å². The summed E-state index contributed by atoms with van der Waals surface area (Å²) in [6.07, 6.45) is -0.905. The molecule has 0 aliphatic carbocycles. The van der Waals surface area contributed by atoms with Crippen molar-refractivity contribution in [3.8, 4) is 0 Å². The number of morpholine rings is 1. The van der Waals surface area contributed by atoms with E-state index in [9.17, 15) is 14.4 Å². The molecule has 1 rings (SSSR count). The van der Waals surface area contributed by atoms with Crippen LogP contribution in [-0.4, -0.2) is 60.1 Å². The first kappa shape index (κ1) is 13.4. The average Bonchev–Trinajstić information content (AvgIpc) is 2.26. The molecule has 0 spiro atoms. The Hall–Kier alpha value is -1.67. The van der Waals surface area contributed by atoms with Gasteiger partial charge >= 0.3 is 5.97 Å². The summed E-state index contributed by atoms with van der Waals surface area (Å²) in [5.74, 6) is -1.81. The van der Waals surface area contributed by atoms with Crippen LogP contribution in [0, 0.1) is 0 Å². The molecular formula is C9H15N3O5. The molecule has 8 nitrogen and oxygen atoms in total. The predicted octanol–water partition coefficient (Wildman–Crippen LogP) is -2.06. The van der Waals surface area contributed by atoms with Crippen LogP contribution in [0.2, 0.25) is 0 Å². The molecule has 1 atom stereocenters.